The third kappa shape index (κ3) is 4.02. The summed E-state index contributed by atoms with van der Waals surface area (Å²) in [6.07, 6.45) is 8.61. The van der Waals surface area contributed by atoms with Crippen molar-refractivity contribution in [3.63, 3.8) is 0 Å². The minimum Gasteiger partial charge on any atom is -0.385 e. The molecule has 0 radical (unpaired) electrons. The molecule has 2 saturated carbocycles. The van der Waals surface area contributed by atoms with Gasteiger partial charge in [-0.05, 0) is 62.3 Å². The predicted molar refractivity (Wildman–Crippen MR) is 152 cm³/mol. The molecule has 1 atom stereocenters. The lowest BCUT2D eigenvalue weighted by Gasteiger charge is -2.35. The van der Waals surface area contributed by atoms with Crippen LogP contribution < -0.4 is 10.6 Å². The quantitative estimate of drug-likeness (QED) is 0.329. The van der Waals surface area contributed by atoms with Crippen molar-refractivity contribution in [1.29, 1.82) is 0 Å². The molecular formula is C31H29N7O4. The number of aromatic nitrogens is 4. The summed E-state index contributed by atoms with van der Waals surface area (Å²) in [6.45, 7) is 0.738. The summed E-state index contributed by atoms with van der Waals surface area (Å²) in [5.74, 6) is -1.04. The van der Waals surface area contributed by atoms with E-state index >= 15 is 0 Å². The van der Waals surface area contributed by atoms with Gasteiger partial charge in [-0.15, -0.1) is 0 Å². The fourth-order valence-corrected chi connectivity index (χ4v) is 6.48. The van der Waals surface area contributed by atoms with Gasteiger partial charge in [-0.2, -0.15) is 10.2 Å². The Morgan fingerprint density at radius 1 is 0.952 bits per heavy atom. The number of anilines is 1. The molecule has 2 aliphatic heterocycles. The monoisotopic (exact) mass is 563 g/mol. The van der Waals surface area contributed by atoms with E-state index in [0.717, 1.165) is 52.3 Å². The molecule has 4 amide bonds. The summed E-state index contributed by atoms with van der Waals surface area (Å²) in [6, 6.07) is 12.7. The standard InChI is InChI=1S/C31H29N7O4/c39-27-10-9-25(29(40)34-27)37-30(41)22-8-7-20(13-23(22)31(37)42)32-14-17-11-21(12-17)36-16-26(28(35-36)18-5-6-18)38-24-4-2-1-3-19(24)15-33-38/h1-4,7-8,13,15-18,21,25,32H,5-6,9-12,14H2,(H,34,39,40)/t17-,21-,25?. The summed E-state index contributed by atoms with van der Waals surface area (Å²) in [5, 5.41) is 16.5. The average Bonchev–Trinajstić information content (AvgIpc) is 3.50. The second kappa shape index (κ2) is 9.37. The van der Waals surface area contributed by atoms with E-state index in [1.54, 1.807) is 18.2 Å². The Kier molecular flexibility index (Phi) is 5.56. The number of imide groups is 2. The van der Waals surface area contributed by atoms with E-state index in [2.05, 4.69) is 38.7 Å². The highest BCUT2D eigenvalue weighted by molar-refractivity contribution is 6.23. The molecule has 42 heavy (non-hydrogen) atoms. The van der Waals surface area contributed by atoms with Crippen LogP contribution in [0, 0.1) is 5.92 Å². The minimum absolute atomic E-state index is 0.0981. The van der Waals surface area contributed by atoms with E-state index < -0.39 is 23.8 Å². The largest absolute Gasteiger partial charge is 0.385 e. The zero-order chi connectivity index (χ0) is 28.5. The Labute approximate surface area is 240 Å². The molecular weight excluding hydrogens is 534 g/mol. The summed E-state index contributed by atoms with van der Waals surface area (Å²) >= 11 is 0. The fourth-order valence-electron chi connectivity index (χ4n) is 6.48. The van der Waals surface area contributed by atoms with Gasteiger partial charge in [-0.1, -0.05) is 18.2 Å². The Balaban J connectivity index is 0.928. The molecule has 212 valence electrons. The molecule has 2 N–H and O–H groups in total. The van der Waals surface area contributed by atoms with Crippen LogP contribution in [0.5, 0.6) is 0 Å². The van der Waals surface area contributed by atoms with Gasteiger partial charge < -0.3 is 5.32 Å². The zero-order valence-corrected chi connectivity index (χ0v) is 22.8. The van der Waals surface area contributed by atoms with Crippen molar-refractivity contribution in [2.45, 2.75) is 56.5 Å². The van der Waals surface area contributed by atoms with Crippen LogP contribution in [-0.2, 0) is 9.59 Å². The van der Waals surface area contributed by atoms with Crippen LogP contribution >= 0.6 is 0 Å². The fraction of sp³-hybridized carbons (Fsp3) is 0.355. The number of nitrogens with zero attached hydrogens (tertiary/aromatic N) is 5. The molecule has 4 aromatic rings. The van der Waals surface area contributed by atoms with Crippen molar-refractivity contribution in [2.24, 2.45) is 5.92 Å². The second-order valence-electron chi connectivity index (χ2n) is 11.8. The summed E-state index contributed by atoms with van der Waals surface area (Å²) in [7, 11) is 0. The molecule has 0 bridgehead atoms. The Hall–Kier alpha value is -4.80. The van der Waals surface area contributed by atoms with E-state index in [4.69, 9.17) is 5.10 Å². The number of para-hydroxylation sites is 1. The van der Waals surface area contributed by atoms with Crippen LogP contribution in [0.1, 0.15) is 76.9 Å². The van der Waals surface area contributed by atoms with Gasteiger partial charge in [-0.25, -0.2) is 4.68 Å². The minimum atomic E-state index is -0.964. The summed E-state index contributed by atoms with van der Waals surface area (Å²) < 4.78 is 4.14. The molecule has 11 nitrogen and oxygen atoms in total. The number of rotatable bonds is 7. The number of amides is 4. The first-order chi connectivity index (χ1) is 20.4. The average molecular weight is 564 g/mol. The van der Waals surface area contributed by atoms with Gasteiger partial charge in [-0.3, -0.25) is 34.1 Å². The number of hydrogen-bond acceptors (Lipinski definition) is 7. The van der Waals surface area contributed by atoms with E-state index in [-0.39, 0.29) is 29.9 Å². The molecule has 3 fully saturated rings. The van der Waals surface area contributed by atoms with Crippen molar-refractivity contribution >= 4 is 40.2 Å². The van der Waals surface area contributed by atoms with Gasteiger partial charge in [0.1, 0.15) is 11.7 Å². The third-order valence-electron chi connectivity index (χ3n) is 9.03. The Morgan fingerprint density at radius 2 is 1.76 bits per heavy atom. The first-order valence-electron chi connectivity index (χ1n) is 14.6. The molecule has 4 aliphatic rings. The number of carbonyl (C=O) groups excluding carboxylic acids is 4. The van der Waals surface area contributed by atoms with Crippen LogP contribution in [0.3, 0.4) is 0 Å². The van der Waals surface area contributed by atoms with Crippen molar-refractivity contribution in [3.05, 3.63) is 71.7 Å². The predicted octanol–water partition coefficient (Wildman–Crippen LogP) is 3.56. The SMILES string of the molecule is O=C1CCC(N2C(=O)c3ccc(NC[C@H]4C[C@H](n5cc(-n6ncc7ccccc76)c(C6CC6)n5)C4)cc3C2=O)C(=O)N1. The van der Waals surface area contributed by atoms with Gasteiger partial charge in [0, 0.05) is 30.0 Å². The molecule has 2 aromatic carbocycles. The molecule has 0 spiro atoms. The van der Waals surface area contributed by atoms with E-state index in [0.29, 0.717) is 17.9 Å². The van der Waals surface area contributed by atoms with Gasteiger partial charge in [0.15, 0.2) is 0 Å². The Morgan fingerprint density at radius 3 is 2.57 bits per heavy atom. The zero-order valence-electron chi connectivity index (χ0n) is 22.8. The summed E-state index contributed by atoms with van der Waals surface area (Å²) in [4.78, 5) is 50.9. The molecule has 1 saturated heterocycles. The van der Waals surface area contributed by atoms with Crippen molar-refractivity contribution in [1.82, 2.24) is 29.8 Å². The van der Waals surface area contributed by atoms with E-state index in [9.17, 15) is 19.2 Å². The van der Waals surface area contributed by atoms with Crippen LogP contribution in [0.4, 0.5) is 5.69 Å². The normalized spacial score (nSPS) is 23.7. The first kappa shape index (κ1) is 25.0. The second-order valence-corrected chi connectivity index (χ2v) is 11.8. The van der Waals surface area contributed by atoms with Gasteiger partial charge in [0.2, 0.25) is 11.8 Å². The lowest BCUT2D eigenvalue weighted by atomic mass is 9.80. The number of nitrogens with one attached hydrogen (secondary N) is 2. The highest BCUT2D eigenvalue weighted by Gasteiger charge is 2.44. The maximum Gasteiger partial charge on any atom is 0.262 e. The molecule has 2 aromatic heterocycles. The van der Waals surface area contributed by atoms with Crippen LogP contribution in [0.25, 0.3) is 16.6 Å². The molecule has 2 aliphatic carbocycles. The first-order valence-corrected chi connectivity index (χ1v) is 14.6. The van der Waals surface area contributed by atoms with E-state index in [1.165, 1.54) is 12.8 Å². The number of benzene rings is 2. The van der Waals surface area contributed by atoms with Crippen LogP contribution in [0.2, 0.25) is 0 Å². The molecule has 8 rings (SSSR count). The topological polar surface area (TPSA) is 131 Å². The number of fused-ring (bicyclic) bond motifs is 2. The highest BCUT2D eigenvalue weighted by atomic mass is 16.2. The number of hydrogen-bond donors (Lipinski definition) is 2. The lowest BCUT2D eigenvalue weighted by molar-refractivity contribution is -0.136. The van der Waals surface area contributed by atoms with Crippen molar-refractivity contribution in [2.75, 3.05) is 11.9 Å². The Bertz CT molecular complexity index is 1800. The molecule has 11 heteroatoms. The third-order valence-corrected chi connectivity index (χ3v) is 9.03. The van der Waals surface area contributed by atoms with Gasteiger partial charge in [0.25, 0.3) is 11.8 Å². The highest BCUT2D eigenvalue weighted by Crippen LogP contribution is 2.44. The summed E-state index contributed by atoms with van der Waals surface area (Å²) in [5.41, 5.74) is 4.61. The number of carbonyl (C=O) groups is 4. The number of piperidine rings is 1. The smallest absolute Gasteiger partial charge is 0.262 e. The molecule has 4 heterocycles. The van der Waals surface area contributed by atoms with Crippen LogP contribution in [0.15, 0.2) is 54.9 Å². The van der Waals surface area contributed by atoms with Crippen LogP contribution in [-0.4, -0.2) is 60.7 Å². The lowest BCUT2D eigenvalue weighted by Crippen LogP contribution is -2.54. The van der Waals surface area contributed by atoms with E-state index in [1.807, 2.05) is 23.0 Å². The van der Waals surface area contributed by atoms with Crippen molar-refractivity contribution < 1.29 is 19.2 Å². The van der Waals surface area contributed by atoms with Gasteiger partial charge >= 0.3 is 0 Å². The maximum atomic E-state index is 13.1. The van der Waals surface area contributed by atoms with Gasteiger partial charge in [0.05, 0.1) is 40.8 Å². The molecule has 1 unspecified atom stereocenters. The maximum absolute atomic E-state index is 13.1. The van der Waals surface area contributed by atoms with Crippen molar-refractivity contribution in [3.8, 4) is 5.69 Å².